The number of carbonyl (C=O) groups excluding carboxylic acids is 1. The third-order valence-electron chi connectivity index (χ3n) is 4.67. The van der Waals surface area contributed by atoms with Gasteiger partial charge in [0.1, 0.15) is 5.39 Å². The summed E-state index contributed by atoms with van der Waals surface area (Å²) in [5.74, 6) is 0. The molecule has 148 valence electrons. The zero-order valence-corrected chi connectivity index (χ0v) is 16.6. The molecule has 0 aliphatic carbocycles. The Balaban J connectivity index is 2.59. The molecule has 1 heterocycles. The van der Waals surface area contributed by atoms with Crippen molar-refractivity contribution in [2.45, 2.75) is 52.6 Å². The number of anilines is 2. The molecular formula is C19H22N4O5. The zero-order valence-electron chi connectivity index (χ0n) is 16.6. The lowest BCUT2D eigenvalue weighted by molar-refractivity contribution is -0.390. The molecule has 2 aromatic carbocycles. The number of amides is 2. The van der Waals surface area contributed by atoms with E-state index in [1.54, 1.807) is 9.80 Å². The number of non-ortho nitro benzene ring substituents is 2. The van der Waals surface area contributed by atoms with E-state index in [1.165, 1.54) is 24.3 Å². The number of nitro groups is 2. The van der Waals surface area contributed by atoms with Crippen LogP contribution < -0.4 is 9.80 Å². The topological polar surface area (TPSA) is 110 Å². The fourth-order valence-electron chi connectivity index (χ4n) is 3.70. The van der Waals surface area contributed by atoms with Crippen molar-refractivity contribution in [1.82, 2.24) is 0 Å². The molecule has 0 spiro atoms. The molecule has 9 nitrogen and oxygen atoms in total. The first kappa shape index (κ1) is 19.5. The molecule has 0 N–H and O–H groups in total. The van der Waals surface area contributed by atoms with Gasteiger partial charge in [0, 0.05) is 28.6 Å². The van der Waals surface area contributed by atoms with Crippen LogP contribution in [0.25, 0.3) is 10.8 Å². The maximum atomic E-state index is 13.4. The van der Waals surface area contributed by atoms with Gasteiger partial charge in [0.15, 0.2) is 0 Å². The van der Waals surface area contributed by atoms with Crippen LogP contribution in [0.5, 0.6) is 0 Å². The normalized spacial score (nSPS) is 14.6. The number of hydrogen-bond donors (Lipinski definition) is 0. The number of hydrogen-bond acceptors (Lipinski definition) is 5. The summed E-state index contributed by atoms with van der Waals surface area (Å²) >= 11 is 0. The van der Waals surface area contributed by atoms with Crippen molar-refractivity contribution in [2.75, 3.05) is 9.80 Å². The Bertz CT molecular complexity index is 957. The van der Waals surface area contributed by atoms with Crippen LogP contribution in [0.3, 0.4) is 0 Å². The first-order valence-corrected chi connectivity index (χ1v) is 8.79. The Morgan fingerprint density at radius 1 is 0.714 bits per heavy atom. The lowest BCUT2D eigenvalue weighted by Gasteiger charge is -2.47. The van der Waals surface area contributed by atoms with Crippen molar-refractivity contribution in [3.8, 4) is 0 Å². The Hall–Kier alpha value is -3.23. The molecule has 0 fully saturated rings. The molecule has 0 saturated carbocycles. The van der Waals surface area contributed by atoms with Crippen molar-refractivity contribution in [3.05, 3.63) is 44.5 Å². The van der Waals surface area contributed by atoms with Crippen molar-refractivity contribution < 1.29 is 14.6 Å². The van der Waals surface area contributed by atoms with Crippen molar-refractivity contribution in [2.24, 2.45) is 0 Å². The second kappa shape index (κ2) is 5.88. The van der Waals surface area contributed by atoms with Gasteiger partial charge in [-0.15, -0.1) is 0 Å². The minimum absolute atomic E-state index is 0.0685. The van der Waals surface area contributed by atoms with Gasteiger partial charge in [-0.3, -0.25) is 30.0 Å². The van der Waals surface area contributed by atoms with Gasteiger partial charge in [-0.2, -0.15) is 0 Å². The van der Waals surface area contributed by atoms with Gasteiger partial charge in [-0.05, 0) is 53.7 Å². The van der Waals surface area contributed by atoms with Crippen LogP contribution in [0.1, 0.15) is 41.5 Å². The summed E-state index contributed by atoms with van der Waals surface area (Å²) in [6.07, 6.45) is 0. The van der Waals surface area contributed by atoms with E-state index in [2.05, 4.69) is 0 Å². The van der Waals surface area contributed by atoms with Gasteiger partial charge >= 0.3 is 6.03 Å². The maximum Gasteiger partial charge on any atom is 0.329 e. The first-order valence-electron chi connectivity index (χ1n) is 8.79. The molecule has 0 atom stereocenters. The van der Waals surface area contributed by atoms with Gasteiger partial charge in [0.05, 0.1) is 21.2 Å². The summed E-state index contributed by atoms with van der Waals surface area (Å²) in [6.45, 7) is 11.1. The van der Waals surface area contributed by atoms with Gasteiger partial charge in [0.2, 0.25) is 0 Å². The lowest BCUT2D eigenvalue weighted by atomic mass is 9.93. The number of carbonyl (C=O) groups is 1. The van der Waals surface area contributed by atoms with Crippen LogP contribution in [-0.2, 0) is 0 Å². The number of nitro benzene ring substituents is 2. The maximum absolute atomic E-state index is 13.4. The summed E-state index contributed by atoms with van der Waals surface area (Å²) in [5, 5.41) is 23.5. The number of benzene rings is 2. The van der Waals surface area contributed by atoms with E-state index in [-0.39, 0.29) is 22.8 Å². The number of urea groups is 1. The second-order valence-electron chi connectivity index (χ2n) is 8.77. The monoisotopic (exact) mass is 386 g/mol. The molecule has 0 aromatic heterocycles. The van der Waals surface area contributed by atoms with Crippen LogP contribution in [-0.4, -0.2) is 27.0 Å². The van der Waals surface area contributed by atoms with E-state index >= 15 is 0 Å². The van der Waals surface area contributed by atoms with Crippen LogP contribution in [0.15, 0.2) is 24.3 Å². The van der Waals surface area contributed by atoms with E-state index < -0.39 is 20.9 Å². The predicted molar refractivity (Wildman–Crippen MR) is 107 cm³/mol. The van der Waals surface area contributed by atoms with E-state index in [9.17, 15) is 25.0 Å². The molecule has 0 saturated heterocycles. The highest BCUT2D eigenvalue weighted by Crippen LogP contribution is 2.50. The minimum Gasteiger partial charge on any atom is -0.288 e. The zero-order chi connectivity index (χ0) is 21.2. The number of nitrogens with zero attached hydrogens (tertiary/aromatic N) is 4. The highest BCUT2D eigenvalue weighted by Gasteiger charge is 2.44. The molecule has 1 aliphatic rings. The summed E-state index contributed by atoms with van der Waals surface area (Å²) in [4.78, 5) is 38.5. The van der Waals surface area contributed by atoms with E-state index in [0.29, 0.717) is 16.8 Å². The SMILES string of the molecule is CC(C)(C)N1C(=O)N(C(C)(C)C)c2ccc([N+](=O)[O-])c3c([N+](=O)[O-])ccc1c23. The molecule has 28 heavy (non-hydrogen) atoms. The van der Waals surface area contributed by atoms with Crippen LogP contribution in [0, 0.1) is 20.2 Å². The van der Waals surface area contributed by atoms with Gasteiger partial charge in [-0.1, -0.05) is 0 Å². The van der Waals surface area contributed by atoms with Crippen LogP contribution >= 0.6 is 0 Å². The molecular weight excluding hydrogens is 364 g/mol. The second-order valence-corrected chi connectivity index (χ2v) is 8.77. The van der Waals surface area contributed by atoms with Gasteiger partial charge in [0.25, 0.3) is 11.4 Å². The molecule has 2 amide bonds. The minimum atomic E-state index is -0.647. The Labute approximate surface area is 161 Å². The molecule has 0 bridgehead atoms. The summed E-state index contributed by atoms with van der Waals surface area (Å²) < 4.78 is 0. The van der Waals surface area contributed by atoms with Crippen molar-refractivity contribution in [3.63, 3.8) is 0 Å². The number of rotatable bonds is 2. The quantitative estimate of drug-likeness (QED) is 0.533. The van der Waals surface area contributed by atoms with E-state index in [1.807, 2.05) is 41.5 Å². The van der Waals surface area contributed by atoms with Crippen LogP contribution in [0.2, 0.25) is 0 Å². The van der Waals surface area contributed by atoms with Crippen molar-refractivity contribution in [1.29, 1.82) is 0 Å². The molecule has 0 unspecified atom stereocenters. The van der Waals surface area contributed by atoms with E-state index in [4.69, 9.17) is 0 Å². The highest BCUT2D eigenvalue weighted by atomic mass is 16.6. The van der Waals surface area contributed by atoms with Gasteiger partial charge in [-0.25, -0.2) is 4.79 Å². The molecule has 3 rings (SSSR count). The lowest BCUT2D eigenvalue weighted by Crippen LogP contribution is -2.59. The predicted octanol–water partition coefficient (Wildman–Crippen LogP) is 5.00. The summed E-state index contributed by atoms with van der Waals surface area (Å²) in [7, 11) is 0. The average molecular weight is 386 g/mol. The average Bonchev–Trinajstić information content (AvgIpc) is 2.51. The standard InChI is InChI=1S/C19H22N4O5/c1-18(2,3)20-11-7-9-13(22(25)26)16-14(23(27)28)10-8-12(15(11)16)21(17(20)24)19(4,5)6/h7-10H,1-6H3. The Morgan fingerprint density at radius 3 is 1.36 bits per heavy atom. The largest absolute Gasteiger partial charge is 0.329 e. The Morgan fingerprint density at radius 2 is 1.07 bits per heavy atom. The molecule has 9 heteroatoms. The van der Waals surface area contributed by atoms with Crippen molar-refractivity contribution >= 4 is 39.6 Å². The molecule has 1 aliphatic heterocycles. The third-order valence-corrected chi connectivity index (χ3v) is 4.67. The smallest absolute Gasteiger partial charge is 0.288 e. The van der Waals surface area contributed by atoms with E-state index in [0.717, 1.165) is 0 Å². The molecule has 0 radical (unpaired) electrons. The van der Waals surface area contributed by atoms with Gasteiger partial charge < -0.3 is 0 Å². The summed E-state index contributed by atoms with van der Waals surface area (Å²) in [6, 6.07) is 5.17. The third kappa shape index (κ3) is 2.74. The first-order chi connectivity index (χ1) is 12.8. The fourth-order valence-corrected chi connectivity index (χ4v) is 3.70. The Kier molecular flexibility index (Phi) is 4.10. The summed E-state index contributed by atoms with van der Waals surface area (Å²) in [5.41, 5.74) is -1.15. The van der Waals surface area contributed by atoms with Crippen LogP contribution in [0.4, 0.5) is 27.5 Å². The highest BCUT2D eigenvalue weighted by molar-refractivity contribution is 6.23. The molecule has 2 aromatic rings. The fraction of sp³-hybridized carbons (Fsp3) is 0.421.